The molecule has 0 unspecified atom stereocenters. The van der Waals surface area contributed by atoms with Crippen LogP contribution in [0, 0.1) is 6.92 Å². The molecule has 1 fully saturated rings. The third-order valence-corrected chi connectivity index (χ3v) is 4.43. The van der Waals surface area contributed by atoms with E-state index in [1.807, 2.05) is 12.1 Å². The van der Waals surface area contributed by atoms with Crippen molar-refractivity contribution in [1.82, 2.24) is 4.98 Å². The Kier molecular flexibility index (Phi) is 5.95. The Bertz CT molecular complexity index is 825. The molecule has 2 aromatic rings. The number of methoxy groups -OCH3 is 1. The number of anilines is 1. The smallest absolute Gasteiger partial charge is 0.374 e. The molecule has 0 amide bonds. The molecule has 3 rings (SSSR count). The molecule has 2 aromatic heterocycles. The Morgan fingerprint density at radius 1 is 1.37 bits per heavy atom. The van der Waals surface area contributed by atoms with Gasteiger partial charge in [-0.15, -0.1) is 0 Å². The van der Waals surface area contributed by atoms with E-state index >= 15 is 0 Å². The average molecular weight is 372 g/mol. The molecule has 1 aliphatic heterocycles. The van der Waals surface area contributed by atoms with Gasteiger partial charge in [-0.3, -0.25) is 0 Å². The van der Waals surface area contributed by atoms with E-state index in [0.29, 0.717) is 11.3 Å². The van der Waals surface area contributed by atoms with Gasteiger partial charge in [0.1, 0.15) is 11.6 Å². The van der Waals surface area contributed by atoms with Gasteiger partial charge in [0.25, 0.3) is 0 Å². The summed E-state index contributed by atoms with van der Waals surface area (Å²) in [6.07, 6.45) is 5.27. The highest BCUT2D eigenvalue weighted by atomic mass is 16.6. The number of aryl methyl sites for hydroxylation is 1. The van der Waals surface area contributed by atoms with Gasteiger partial charge in [0.15, 0.2) is 12.4 Å². The van der Waals surface area contributed by atoms with Gasteiger partial charge in [-0.1, -0.05) is 5.16 Å². The number of amidine groups is 1. The molecule has 1 saturated heterocycles. The maximum absolute atomic E-state index is 11.6. The van der Waals surface area contributed by atoms with Crippen molar-refractivity contribution in [3.05, 3.63) is 47.0 Å². The van der Waals surface area contributed by atoms with Crippen molar-refractivity contribution in [3.8, 4) is 0 Å². The van der Waals surface area contributed by atoms with Gasteiger partial charge >= 0.3 is 5.97 Å². The molecule has 0 saturated carbocycles. The number of pyridine rings is 1. The second kappa shape index (κ2) is 8.57. The van der Waals surface area contributed by atoms with Crippen molar-refractivity contribution in [1.29, 1.82) is 0 Å². The molecule has 2 N–H and O–H groups in total. The number of rotatable bonds is 6. The number of hydrogen-bond donors (Lipinski definition) is 1. The van der Waals surface area contributed by atoms with E-state index in [0.717, 1.165) is 37.3 Å². The van der Waals surface area contributed by atoms with E-state index in [2.05, 4.69) is 19.8 Å². The molecule has 0 radical (unpaired) electrons. The third kappa shape index (κ3) is 4.39. The van der Waals surface area contributed by atoms with Crippen LogP contribution in [0.4, 0.5) is 5.82 Å². The van der Waals surface area contributed by atoms with Crippen molar-refractivity contribution in [2.24, 2.45) is 10.9 Å². The normalized spacial score (nSPS) is 14.9. The minimum Gasteiger partial charge on any atom is -0.463 e. The number of hydrogen-bond acceptors (Lipinski definition) is 7. The predicted molar refractivity (Wildman–Crippen MR) is 101 cm³/mol. The standard InChI is InChI=1S/C19H24N4O4/c1-13-11-14(27-16(13)19(24)25-2)12-26-22-17(20)15-7-6-8-21-18(15)23-9-4-3-5-10-23/h6-8,11H,3-5,9-10,12H2,1-2H3,(H2,20,22). The lowest BCUT2D eigenvalue weighted by atomic mass is 10.1. The summed E-state index contributed by atoms with van der Waals surface area (Å²) in [6.45, 7) is 3.73. The second-order valence-corrected chi connectivity index (χ2v) is 6.39. The van der Waals surface area contributed by atoms with Crippen molar-refractivity contribution in [3.63, 3.8) is 0 Å². The molecule has 3 heterocycles. The Hall–Kier alpha value is -3.03. The number of nitrogens with zero attached hydrogens (tertiary/aromatic N) is 3. The summed E-state index contributed by atoms with van der Waals surface area (Å²) in [6, 6.07) is 5.41. The summed E-state index contributed by atoms with van der Waals surface area (Å²) in [5, 5.41) is 4.00. The zero-order chi connectivity index (χ0) is 19.2. The van der Waals surface area contributed by atoms with Crippen molar-refractivity contribution < 1.29 is 18.8 Å². The fraction of sp³-hybridized carbons (Fsp3) is 0.421. The van der Waals surface area contributed by atoms with E-state index in [4.69, 9.17) is 15.0 Å². The van der Waals surface area contributed by atoms with Crippen LogP contribution in [-0.2, 0) is 16.2 Å². The maximum atomic E-state index is 11.6. The minimum atomic E-state index is -0.525. The summed E-state index contributed by atoms with van der Waals surface area (Å²) < 4.78 is 10.1. The van der Waals surface area contributed by atoms with Crippen molar-refractivity contribution in [2.45, 2.75) is 32.8 Å². The first-order valence-corrected chi connectivity index (χ1v) is 8.93. The van der Waals surface area contributed by atoms with Gasteiger partial charge in [0.05, 0.1) is 12.7 Å². The van der Waals surface area contributed by atoms with Crippen LogP contribution in [-0.4, -0.2) is 37.0 Å². The molecule has 0 spiro atoms. The predicted octanol–water partition coefficient (Wildman–Crippen LogP) is 2.60. The summed E-state index contributed by atoms with van der Waals surface area (Å²) >= 11 is 0. The van der Waals surface area contributed by atoms with Crippen LogP contribution >= 0.6 is 0 Å². The van der Waals surface area contributed by atoms with Crippen LogP contribution < -0.4 is 10.6 Å². The van der Waals surface area contributed by atoms with Gasteiger partial charge in [0.2, 0.25) is 5.76 Å². The van der Waals surface area contributed by atoms with Gasteiger partial charge in [-0.2, -0.15) is 0 Å². The SMILES string of the molecule is COC(=O)c1oc(CO/N=C(\N)c2cccnc2N2CCCCC2)cc1C. The van der Waals surface area contributed by atoms with Crippen LogP contribution in [0.3, 0.4) is 0 Å². The number of esters is 1. The lowest BCUT2D eigenvalue weighted by Gasteiger charge is -2.29. The highest BCUT2D eigenvalue weighted by molar-refractivity contribution is 6.01. The van der Waals surface area contributed by atoms with Gasteiger partial charge in [0, 0.05) is 24.8 Å². The first-order chi connectivity index (χ1) is 13.1. The number of oxime groups is 1. The van der Waals surface area contributed by atoms with Crippen LogP contribution in [0.25, 0.3) is 0 Å². The summed E-state index contributed by atoms with van der Waals surface area (Å²) in [4.78, 5) is 23.6. The quantitative estimate of drug-likeness (QED) is 0.360. The number of carbonyl (C=O) groups excluding carboxylic acids is 1. The largest absolute Gasteiger partial charge is 0.463 e. The van der Waals surface area contributed by atoms with Gasteiger partial charge in [-0.05, 0) is 44.4 Å². The fourth-order valence-electron chi connectivity index (χ4n) is 3.08. The fourth-order valence-corrected chi connectivity index (χ4v) is 3.08. The molecule has 27 heavy (non-hydrogen) atoms. The highest BCUT2D eigenvalue weighted by Gasteiger charge is 2.18. The number of ether oxygens (including phenoxy) is 1. The summed E-state index contributed by atoms with van der Waals surface area (Å²) in [7, 11) is 1.30. The monoisotopic (exact) mass is 372 g/mol. The second-order valence-electron chi connectivity index (χ2n) is 6.39. The average Bonchev–Trinajstić information content (AvgIpc) is 3.08. The number of piperidine rings is 1. The van der Waals surface area contributed by atoms with E-state index in [-0.39, 0.29) is 18.2 Å². The summed E-state index contributed by atoms with van der Waals surface area (Å²) in [5.41, 5.74) is 7.54. The molecule has 0 aliphatic carbocycles. The van der Waals surface area contributed by atoms with E-state index in [1.165, 1.54) is 13.5 Å². The molecule has 144 valence electrons. The minimum absolute atomic E-state index is 0.0534. The van der Waals surface area contributed by atoms with Crippen LogP contribution in [0.5, 0.6) is 0 Å². The molecule has 0 aromatic carbocycles. The van der Waals surface area contributed by atoms with Gasteiger partial charge in [-0.25, -0.2) is 9.78 Å². The number of furan rings is 1. The lowest BCUT2D eigenvalue weighted by molar-refractivity contribution is 0.0552. The first kappa shape index (κ1) is 18.8. The van der Waals surface area contributed by atoms with Crippen LogP contribution in [0.15, 0.2) is 34.0 Å². The molecular formula is C19H24N4O4. The number of nitrogens with two attached hydrogens (primary N) is 1. The molecule has 0 bridgehead atoms. The lowest BCUT2D eigenvalue weighted by Crippen LogP contribution is -2.32. The molecule has 8 nitrogen and oxygen atoms in total. The zero-order valence-electron chi connectivity index (χ0n) is 15.6. The molecular weight excluding hydrogens is 348 g/mol. The Balaban J connectivity index is 1.69. The van der Waals surface area contributed by atoms with Crippen molar-refractivity contribution in [2.75, 3.05) is 25.1 Å². The Labute approximate surface area is 157 Å². The Morgan fingerprint density at radius 3 is 2.89 bits per heavy atom. The van der Waals surface area contributed by atoms with Gasteiger partial charge < -0.3 is 24.6 Å². The maximum Gasteiger partial charge on any atom is 0.374 e. The van der Waals surface area contributed by atoms with E-state index in [1.54, 1.807) is 19.2 Å². The summed E-state index contributed by atoms with van der Waals surface area (Å²) in [5.74, 6) is 1.17. The first-order valence-electron chi connectivity index (χ1n) is 8.93. The topological polar surface area (TPSA) is 103 Å². The zero-order valence-corrected chi connectivity index (χ0v) is 15.6. The third-order valence-electron chi connectivity index (χ3n) is 4.43. The van der Waals surface area contributed by atoms with E-state index in [9.17, 15) is 4.79 Å². The van der Waals surface area contributed by atoms with Crippen molar-refractivity contribution >= 4 is 17.6 Å². The molecule has 8 heteroatoms. The van der Waals surface area contributed by atoms with Crippen LogP contribution in [0.2, 0.25) is 0 Å². The number of carbonyl (C=O) groups is 1. The molecule has 0 atom stereocenters. The van der Waals surface area contributed by atoms with E-state index < -0.39 is 5.97 Å². The Morgan fingerprint density at radius 2 is 2.15 bits per heavy atom. The number of aromatic nitrogens is 1. The highest BCUT2D eigenvalue weighted by Crippen LogP contribution is 2.22. The van der Waals surface area contributed by atoms with Crippen LogP contribution in [0.1, 0.15) is 46.7 Å². The molecule has 1 aliphatic rings.